The van der Waals surface area contributed by atoms with Gasteiger partial charge < -0.3 is 18.9 Å². The zero-order valence-electron chi connectivity index (χ0n) is 17.6. The molecule has 30 heavy (non-hydrogen) atoms. The summed E-state index contributed by atoms with van der Waals surface area (Å²) in [4.78, 5) is 35.5. The van der Waals surface area contributed by atoms with E-state index in [1.165, 1.54) is 20.1 Å². The summed E-state index contributed by atoms with van der Waals surface area (Å²) in [6.45, 7) is 6.93. The van der Waals surface area contributed by atoms with Gasteiger partial charge in [-0.1, -0.05) is 18.7 Å². The number of ether oxygens (including phenoxy) is 4. The van der Waals surface area contributed by atoms with Crippen molar-refractivity contribution in [3.05, 3.63) is 42.5 Å². The van der Waals surface area contributed by atoms with E-state index in [4.69, 9.17) is 18.9 Å². The summed E-state index contributed by atoms with van der Waals surface area (Å²) in [7, 11) is 1.47. The molecule has 0 aromatic heterocycles. The van der Waals surface area contributed by atoms with Crippen LogP contribution in [-0.2, 0) is 23.9 Å². The second-order valence-corrected chi connectivity index (χ2v) is 7.42. The molecule has 1 saturated carbocycles. The second kappa shape index (κ2) is 10.6. The highest BCUT2D eigenvalue weighted by Crippen LogP contribution is 2.38. The third-order valence-corrected chi connectivity index (χ3v) is 5.00. The summed E-state index contributed by atoms with van der Waals surface area (Å²) in [6.07, 6.45) is 6.64. The van der Waals surface area contributed by atoms with Crippen LogP contribution < -0.4 is 9.47 Å². The molecule has 7 nitrogen and oxygen atoms in total. The Hall–Kier alpha value is -3.09. The van der Waals surface area contributed by atoms with Gasteiger partial charge in [0, 0.05) is 13.0 Å². The smallest absolute Gasteiger partial charge is 0.331 e. The average Bonchev–Trinajstić information content (AvgIpc) is 2.72. The van der Waals surface area contributed by atoms with Gasteiger partial charge in [0.15, 0.2) is 11.5 Å². The summed E-state index contributed by atoms with van der Waals surface area (Å²) in [5.74, 6) is -0.450. The summed E-state index contributed by atoms with van der Waals surface area (Å²) in [5, 5.41) is 0. The van der Waals surface area contributed by atoms with Gasteiger partial charge in [0.2, 0.25) is 0 Å². The number of hydrogen-bond acceptors (Lipinski definition) is 7. The molecule has 0 bridgehead atoms. The molecule has 7 heteroatoms. The van der Waals surface area contributed by atoms with Crippen LogP contribution in [0, 0.1) is 5.41 Å². The molecule has 0 heterocycles. The van der Waals surface area contributed by atoms with Gasteiger partial charge in [-0.15, -0.1) is 0 Å². The van der Waals surface area contributed by atoms with Gasteiger partial charge in [-0.05, 0) is 56.4 Å². The van der Waals surface area contributed by atoms with E-state index in [-0.39, 0.29) is 18.7 Å². The number of esters is 3. The average molecular weight is 416 g/mol. The molecule has 2 rings (SSSR count). The Balaban J connectivity index is 1.89. The first-order valence-electron chi connectivity index (χ1n) is 9.80. The monoisotopic (exact) mass is 416 g/mol. The summed E-state index contributed by atoms with van der Waals surface area (Å²) in [6, 6.07) is 4.95. The van der Waals surface area contributed by atoms with E-state index < -0.39 is 17.4 Å². The Kier molecular flexibility index (Phi) is 8.21. The molecule has 0 amide bonds. The molecule has 0 unspecified atom stereocenters. The first kappa shape index (κ1) is 23.2. The minimum absolute atomic E-state index is 0.199. The first-order chi connectivity index (χ1) is 14.3. The lowest BCUT2D eigenvalue weighted by atomic mass is 9.74. The topological polar surface area (TPSA) is 88.1 Å². The summed E-state index contributed by atoms with van der Waals surface area (Å²) >= 11 is 0. The van der Waals surface area contributed by atoms with Crippen LogP contribution in [0.1, 0.15) is 45.1 Å². The van der Waals surface area contributed by atoms with Crippen LogP contribution in [0.15, 0.2) is 36.9 Å². The fourth-order valence-electron chi connectivity index (χ4n) is 3.25. The Morgan fingerprint density at radius 1 is 1.20 bits per heavy atom. The Bertz CT molecular complexity index is 817. The molecule has 0 saturated heterocycles. The zero-order valence-corrected chi connectivity index (χ0v) is 17.6. The summed E-state index contributed by atoms with van der Waals surface area (Å²) in [5.41, 5.74) is 0.142. The molecular formula is C23H28O7. The van der Waals surface area contributed by atoms with E-state index >= 15 is 0 Å². The van der Waals surface area contributed by atoms with Crippen LogP contribution in [-0.4, -0.2) is 37.7 Å². The van der Waals surface area contributed by atoms with Gasteiger partial charge in [0.25, 0.3) is 0 Å². The van der Waals surface area contributed by atoms with Crippen LogP contribution in [0.5, 0.6) is 11.5 Å². The van der Waals surface area contributed by atoms with Crippen molar-refractivity contribution in [1.82, 2.24) is 0 Å². The van der Waals surface area contributed by atoms with Crippen molar-refractivity contribution >= 4 is 24.0 Å². The van der Waals surface area contributed by atoms with Crippen molar-refractivity contribution in [3.63, 3.8) is 0 Å². The third kappa shape index (κ3) is 6.47. The van der Waals surface area contributed by atoms with Crippen LogP contribution in [0.3, 0.4) is 0 Å². The van der Waals surface area contributed by atoms with E-state index in [9.17, 15) is 14.4 Å². The minimum Gasteiger partial charge on any atom is -0.493 e. The molecule has 1 aromatic carbocycles. The normalized spacial score (nSPS) is 21.0. The molecule has 0 N–H and O–H groups in total. The Labute approximate surface area is 176 Å². The molecule has 162 valence electrons. The molecule has 0 spiro atoms. The lowest BCUT2D eigenvalue weighted by molar-refractivity contribution is -0.158. The van der Waals surface area contributed by atoms with Gasteiger partial charge in [-0.2, -0.15) is 0 Å². The molecule has 1 aliphatic rings. The fraction of sp³-hybridized carbons (Fsp3) is 0.435. The highest BCUT2D eigenvalue weighted by Gasteiger charge is 2.39. The van der Waals surface area contributed by atoms with Crippen LogP contribution in [0.4, 0.5) is 0 Å². The van der Waals surface area contributed by atoms with Crippen molar-refractivity contribution in [2.75, 3.05) is 13.7 Å². The van der Waals surface area contributed by atoms with Gasteiger partial charge in [-0.3, -0.25) is 9.59 Å². The lowest BCUT2D eigenvalue weighted by Crippen LogP contribution is -2.37. The highest BCUT2D eigenvalue weighted by molar-refractivity contribution is 5.87. The molecular weight excluding hydrogens is 388 g/mol. The maximum Gasteiger partial charge on any atom is 0.331 e. The van der Waals surface area contributed by atoms with Gasteiger partial charge in [-0.25, -0.2) is 4.79 Å². The molecule has 0 aliphatic heterocycles. The molecule has 1 aromatic rings. The maximum absolute atomic E-state index is 12.2. The molecule has 0 atom stereocenters. The zero-order chi connectivity index (χ0) is 22.1. The van der Waals surface area contributed by atoms with Gasteiger partial charge >= 0.3 is 17.9 Å². The van der Waals surface area contributed by atoms with Gasteiger partial charge in [0.05, 0.1) is 12.5 Å². The van der Waals surface area contributed by atoms with Crippen molar-refractivity contribution < 1.29 is 33.3 Å². The van der Waals surface area contributed by atoms with E-state index in [1.807, 2.05) is 6.92 Å². The maximum atomic E-state index is 12.2. The quantitative estimate of drug-likeness (QED) is 0.275. The summed E-state index contributed by atoms with van der Waals surface area (Å²) < 4.78 is 20.9. The third-order valence-electron chi connectivity index (χ3n) is 5.00. The van der Waals surface area contributed by atoms with Crippen LogP contribution in [0.25, 0.3) is 6.08 Å². The predicted molar refractivity (Wildman–Crippen MR) is 111 cm³/mol. The van der Waals surface area contributed by atoms with E-state index in [2.05, 4.69) is 6.58 Å². The number of carbonyl (C=O) groups excluding carboxylic acids is 3. The molecule has 1 aliphatic carbocycles. The standard InChI is InChI=1S/C23H28O7/c1-5-14-28-22(26)23(3)12-10-18(11-13-23)30-21(25)9-7-17-6-8-19(29-16(2)24)20(15-17)27-4/h5-9,15,18H,1,10-14H2,2-4H3/b9-7-. The predicted octanol–water partition coefficient (Wildman–Crippen LogP) is 3.86. The van der Waals surface area contributed by atoms with E-state index in [0.29, 0.717) is 42.7 Å². The minimum atomic E-state index is -0.554. The van der Waals surface area contributed by atoms with Crippen molar-refractivity contribution in [1.29, 1.82) is 0 Å². The van der Waals surface area contributed by atoms with Crippen molar-refractivity contribution in [2.24, 2.45) is 5.41 Å². The highest BCUT2D eigenvalue weighted by atomic mass is 16.6. The first-order valence-corrected chi connectivity index (χ1v) is 9.80. The second-order valence-electron chi connectivity index (χ2n) is 7.42. The fourth-order valence-corrected chi connectivity index (χ4v) is 3.25. The van der Waals surface area contributed by atoms with Crippen molar-refractivity contribution in [3.8, 4) is 11.5 Å². The number of methoxy groups -OCH3 is 1. The van der Waals surface area contributed by atoms with Crippen LogP contribution >= 0.6 is 0 Å². The number of benzene rings is 1. The number of hydrogen-bond donors (Lipinski definition) is 0. The Morgan fingerprint density at radius 2 is 1.90 bits per heavy atom. The Morgan fingerprint density at radius 3 is 2.50 bits per heavy atom. The van der Waals surface area contributed by atoms with Crippen LogP contribution in [0.2, 0.25) is 0 Å². The molecule has 1 fully saturated rings. The lowest BCUT2D eigenvalue weighted by Gasteiger charge is -2.34. The SMILES string of the molecule is C=CCOC(=O)C1(C)CCC(OC(=O)/C=C\c2ccc(OC(C)=O)c(OC)c2)CC1. The van der Waals surface area contributed by atoms with Crippen molar-refractivity contribution in [2.45, 2.75) is 45.6 Å². The number of carbonyl (C=O) groups is 3. The van der Waals surface area contributed by atoms with E-state index in [1.54, 1.807) is 30.4 Å². The largest absolute Gasteiger partial charge is 0.493 e. The van der Waals surface area contributed by atoms with Gasteiger partial charge in [0.1, 0.15) is 12.7 Å². The number of rotatable bonds is 8. The van der Waals surface area contributed by atoms with E-state index in [0.717, 1.165) is 0 Å². The molecule has 0 radical (unpaired) electrons.